The highest BCUT2D eigenvalue weighted by atomic mass is 16.5. The van der Waals surface area contributed by atoms with E-state index in [1.165, 1.54) is 6.26 Å². The van der Waals surface area contributed by atoms with Crippen LogP contribution in [0.1, 0.15) is 18.2 Å². The van der Waals surface area contributed by atoms with Crippen LogP contribution in [-0.4, -0.2) is 18.0 Å². The van der Waals surface area contributed by atoms with Crippen LogP contribution in [0.25, 0.3) is 0 Å². The lowest BCUT2D eigenvalue weighted by molar-refractivity contribution is -0.122. The van der Waals surface area contributed by atoms with Gasteiger partial charge in [0.1, 0.15) is 18.4 Å². The van der Waals surface area contributed by atoms with E-state index in [2.05, 4.69) is 10.6 Å². The first kappa shape index (κ1) is 15.6. The molecule has 0 aliphatic rings. The Morgan fingerprint density at radius 1 is 1.18 bits per heavy atom. The van der Waals surface area contributed by atoms with E-state index in [1.54, 1.807) is 19.1 Å². The molecule has 1 heterocycles. The van der Waals surface area contributed by atoms with Crippen molar-refractivity contribution >= 4 is 12.0 Å². The number of amides is 2. The molecule has 1 atom stereocenters. The van der Waals surface area contributed by atoms with E-state index in [9.17, 15) is 9.59 Å². The Labute approximate surface area is 128 Å². The third kappa shape index (κ3) is 4.97. The highest BCUT2D eigenvalue weighted by molar-refractivity contribution is 5.85. The van der Waals surface area contributed by atoms with E-state index < -0.39 is 12.1 Å². The van der Waals surface area contributed by atoms with Gasteiger partial charge in [0.25, 0.3) is 0 Å². The van der Waals surface area contributed by atoms with Gasteiger partial charge >= 0.3 is 6.09 Å². The predicted molar refractivity (Wildman–Crippen MR) is 79.8 cm³/mol. The van der Waals surface area contributed by atoms with Gasteiger partial charge in [-0.3, -0.25) is 4.79 Å². The molecule has 2 aromatic rings. The number of rotatable bonds is 6. The van der Waals surface area contributed by atoms with E-state index in [1.807, 2.05) is 30.3 Å². The monoisotopic (exact) mass is 302 g/mol. The number of alkyl carbamates (subject to hydrolysis) is 1. The summed E-state index contributed by atoms with van der Waals surface area (Å²) in [7, 11) is 0. The summed E-state index contributed by atoms with van der Waals surface area (Å²) < 4.78 is 10.2. The van der Waals surface area contributed by atoms with Crippen molar-refractivity contribution in [1.29, 1.82) is 0 Å². The second-order valence-corrected chi connectivity index (χ2v) is 4.72. The first-order valence-electron chi connectivity index (χ1n) is 6.92. The molecule has 2 rings (SSSR count). The van der Waals surface area contributed by atoms with Crippen molar-refractivity contribution in [3.63, 3.8) is 0 Å². The Morgan fingerprint density at radius 2 is 1.95 bits per heavy atom. The molecule has 1 aromatic carbocycles. The molecule has 0 aliphatic heterocycles. The number of carbonyl (C=O) groups excluding carboxylic acids is 2. The SMILES string of the molecule is C[C@@H](NC(=O)OCc1ccccc1)C(=O)NCc1ccco1. The molecule has 0 fully saturated rings. The Bertz CT molecular complexity index is 596. The van der Waals surface area contributed by atoms with Crippen molar-refractivity contribution in [1.82, 2.24) is 10.6 Å². The molecule has 2 N–H and O–H groups in total. The molecule has 2 amide bonds. The van der Waals surface area contributed by atoms with Gasteiger partial charge < -0.3 is 19.8 Å². The minimum absolute atomic E-state index is 0.160. The topological polar surface area (TPSA) is 80.6 Å². The van der Waals surface area contributed by atoms with Gasteiger partial charge in [-0.1, -0.05) is 30.3 Å². The molecule has 0 saturated heterocycles. The van der Waals surface area contributed by atoms with Gasteiger partial charge in [-0.05, 0) is 24.6 Å². The van der Waals surface area contributed by atoms with Crippen molar-refractivity contribution in [2.45, 2.75) is 26.1 Å². The Balaban J connectivity index is 1.70. The van der Waals surface area contributed by atoms with Crippen LogP contribution in [0.5, 0.6) is 0 Å². The van der Waals surface area contributed by atoms with Crippen molar-refractivity contribution in [3.05, 3.63) is 60.1 Å². The third-order valence-corrected chi connectivity index (χ3v) is 2.96. The van der Waals surface area contributed by atoms with Crippen LogP contribution in [0.4, 0.5) is 4.79 Å². The van der Waals surface area contributed by atoms with Gasteiger partial charge in [0.15, 0.2) is 0 Å². The quantitative estimate of drug-likeness (QED) is 0.857. The number of hydrogen-bond acceptors (Lipinski definition) is 4. The maximum atomic E-state index is 11.8. The first-order chi connectivity index (χ1) is 10.6. The standard InChI is InChI=1S/C16H18N2O4/c1-12(15(19)17-10-14-8-5-9-21-14)18-16(20)22-11-13-6-3-2-4-7-13/h2-9,12H,10-11H2,1H3,(H,17,19)(H,18,20)/t12-/m1/s1. The van der Waals surface area contributed by atoms with E-state index in [4.69, 9.17) is 9.15 Å². The maximum Gasteiger partial charge on any atom is 0.408 e. The van der Waals surface area contributed by atoms with Crippen molar-refractivity contribution in [3.8, 4) is 0 Å². The molecule has 1 aromatic heterocycles. The first-order valence-corrected chi connectivity index (χ1v) is 6.92. The summed E-state index contributed by atoms with van der Waals surface area (Å²) in [5, 5.41) is 5.14. The summed E-state index contributed by atoms with van der Waals surface area (Å²) >= 11 is 0. The smallest absolute Gasteiger partial charge is 0.408 e. The van der Waals surface area contributed by atoms with Crippen LogP contribution in [0, 0.1) is 0 Å². The highest BCUT2D eigenvalue weighted by Crippen LogP contribution is 2.01. The third-order valence-electron chi connectivity index (χ3n) is 2.96. The van der Waals surface area contributed by atoms with Crippen molar-refractivity contribution in [2.24, 2.45) is 0 Å². The molecule has 0 saturated carbocycles. The van der Waals surface area contributed by atoms with E-state index in [-0.39, 0.29) is 19.1 Å². The van der Waals surface area contributed by atoms with E-state index in [0.717, 1.165) is 5.56 Å². The van der Waals surface area contributed by atoms with Crippen LogP contribution >= 0.6 is 0 Å². The second kappa shape index (κ2) is 7.87. The number of nitrogens with one attached hydrogen (secondary N) is 2. The summed E-state index contributed by atoms with van der Waals surface area (Å²) in [6, 6.07) is 12.1. The van der Waals surface area contributed by atoms with Gasteiger partial charge in [-0.15, -0.1) is 0 Å². The summed E-state index contributed by atoms with van der Waals surface area (Å²) in [5.74, 6) is 0.334. The average molecular weight is 302 g/mol. The molecule has 22 heavy (non-hydrogen) atoms. The highest BCUT2D eigenvalue weighted by Gasteiger charge is 2.16. The van der Waals surface area contributed by atoms with E-state index >= 15 is 0 Å². The predicted octanol–water partition coefficient (Wildman–Crippen LogP) is 2.21. The molecule has 6 nitrogen and oxygen atoms in total. The zero-order chi connectivity index (χ0) is 15.8. The summed E-state index contributed by atoms with van der Waals surface area (Å²) in [5.41, 5.74) is 0.882. The number of carbonyl (C=O) groups is 2. The van der Waals surface area contributed by atoms with Gasteiger partial charge in [0.2, 0.25) is 5.91 Å². The van der Waals surface area contributed by atoms with Crippen molar-refractivity contribution in [2.75, 3.05) is 0 Å². The molecule has 0 radical (unpaired) electrons. The number of benzene rings is 1. The number of hydrogen-bond donors (Lipinski definition) is 2. The molecule has 0 spiro atoms. The number of ether oxygens (including phenoxy) is 1. The fourth-order valence-electron chi connectivity index (χ4n) is 1.75. The summed E-state index contributed by atoms with van der Waals surface area (Å²) in [6.45, 7) is 2.02. The number of furan rings is 1. The second-order valence-electron chi connectivity index (χ2n) is 4.72. The summed E-state index contributed by atoms with van der Waals surface area (Å²) in [4.78, 5) is 23.5. The van der Waals surface area contributed by atoms with Gasteiger partial charge in [0, 0.05) is 0 Å². The minimum Gasteiger partial charge on any atom is -0.467 e. The van der Waals surface area contributed by atoms with Crippen LogP contribution in [0.3, 0.4) is 0 Å². The Hall–Kier alpha value is -2.76. The lowest BCUT2D eigenvalue weighted by Crippen LogP contribution is -2.44. The van der Waals surface area contributed by atoms with Crippen LogP contribution in [-0.2, 0) is 22.7 Å². The fourth-order valence-corrected chi connectivity index (χ4v) is 1.75. The Kier molecular flexibility index (Phi) is 5.59. The van der Waals surface area contributed by atoms with Gasteiger partial charge in [0.05, 0.1) is 12.8 Å². The maximum absolute atomic E-state index is 11.8. The lowest BCUT2D eigenvalue weighted by atomic mass is 10.2. The van der Waals surface area contributed by atoms with Crippen molar-refractivity contribution < 1.29 is 18.7 Å². The molecule has 116 valence electrons. The molecular formula is C16H18N2O4. The largest absolute Gasteiger partial charge is 0.467 e. The van der Waals surface area contributed by atoms with Gasteiger partial charge in [-0.2, -0.15) is 0 Å². The van der Waals surface area contributed by atoms with Gasteiger partial charge in [-0.25, -0.2) is 4.79 Å². The zero-order valence-corrected chi connectivity index (χ0v) is 12.2. The van der Waals surface area contributed by atoms with Crippen LogP contribution in [0.2, 0.25) is 0 Å². The molecule has 6 heteroatoms. The zero-order valence-electron chi connectivity index (χ0n) is 12.2. The normalized spacial score (nSPS) is 11.5. The molecular weight excluding hydrogens is 284 g/mol. The Morgan fingerprint density at radius 3 is 2.64 bits per heavy atom. The summed E-state index contributed by atoms with van der Waals surface area (Å²) in [6.07, 6.45) is 0.897. The van der Waals surface area contributed by atoms with Crippen LogP contribution in [0.15, 0.2) is 53.1 Å². The minimum atomic E-state index is -0.696. The average Bonchev–Trinajstić information content (AvgIpc) is 3.05. The molecule has 0 aliphatic carbocycles. The fraction of sp³-hybridized carbons (Fsp3) is 0.250. The van der Waals surface area contributed by atoms with Crippen LogP contribution < -0.4 is 10.6 Å². The lowest BCUT2D eigenvalue weighted by Gasteiger charge is -2.13. The molecule has 0 bridgehead atoms. The molecule has 0 unspecified atom stereocenters. The van der Waals surface area contributed by atoms with E-state index in [0.29, 0.717) is 5.76 Å².